The number of para-hydroxylation sites is 1. The van der Waals surface area contributed by atoms with Gasteiger partial charge in [-0.1, -0.05) is 45.4 Å². The molecule has 0 saturated carbocycles. The molecule has 1 nitrogen and oxygen atoms in total. The number of rotatable bonds is 2. The number of nitrogens with one attached hydrogen (secondary N) is 1. The average Bonchev–Trinajstić information content (AvgIpc) is 2.19. The number of hydrogen-bond acceptors (Lipinski definition) is 1. The van der Waals surface area contributed by atoms with E-state index in [1.807, 2.05) is 13.1 Å². The highest BCUT2D eigenvalue weighted by Gasteiger charge is 1.93. The van der Waals surface area contributed by atoms with Gasteiger partial charge in [-0.05, 0) is 18.1 Å². The highest BCUT2D eigenvalue weighted by molar-refractivity contribution is 5.50. The van der Waals surface area contributed by atoms with Gasteiger partial charge in [0.1, 0.15) is 0 Å². The molecule has 0 heterocycles. The second kappa shape index (κ2) is 7.66. The molecule has 1 heteroatoms. The van der Waals surface area contributed by atoms with E-state index >= 15 is 0 Å². The van der Waals surface area contributed by atoms with Crippen LogP contribution < -0.4 is 5.32 Å². The molecule has 0 atom stereocenters. The molecule has 0 spiro atoms. The van der Waals surface area contributed by atoms with Gasteiger partial charge in [0, 0.05) is 12.7 Å². The lowest BCUT2D eigenvalue weighted by Crippen LogP contribution is -1.92. The van der Waals surface area contributed by atoms with Gasteiger partial charge in [-0.2, -0.15) is 0 Å². The zero-order valence-electron chi connectivity index (χ0n) is 9.22. The second-order valence-electron chi connectivity index (χ2n) is 2.97. The summed E-state index contributed by atoms with van der Waals surface area (Å²) >= 11 is 0. The van der Waals surface area contributed by atoms with Gasteiger partial charge in [0.05, 0.1) is 0 Å². The van der Waals surface area contributed by atoms with E-state index in [1.165, 1.54) is 17.7 Å². The Bertz CT molecular complexity index is 195. The van der Waals surface area contributed by atoms with Gasteiger partial charge < -0.3 is 5.32 Å². The summed E-state index contributed by atoms with van der Waals surface area (Å²) in [4.78, 5) is 0. The molecule has 0 bridgehead atoms. The zero-order chi connectivity index (χ0) is 10.1. The van der Waals surface area contributed by atoms with Crippen LogP contribution in [0.4, 0.5) is 5.69 Å². The topological polar surface area (TPSA) is 12.0 Å². The number of hydrogen-bond donors (Lipinski definition) is 1. The molecule has 0 saturated heterocycles. The molecule has 0 unspecified atom stereocenters. The summed E-state index contributed by atoms with van der Waals surface area (Å²) in [5, 5.41) is 3.15. The Morgan fingerprint density at radius 2 is 1.62 bits per heavy atom. The molecule has 0 fully saturated rings. The van der Waals surface area contributed by atoms with Crippen LogP contribution in [0.1, 0.15) is 32.8 Å². The first-order chi connectivity index (χ1) is 6.29. The van der Waals surface area contributed by atoms with Crippen molar-refractivity contribution >= 4 is 5.69 Å². The highest BCUT2D eigenvalue weighted by Crippen LogP contribution is 2.13. The van der Waals surface area contributed by atoms with Crippen molar-refractivity contribution < 1.29 is 0 Å². The molecular formula is C12H21N. The predicted octanol–water partition coefficient (Wildman–Crippen LogP) is 3.71. The smallest absolute Gasteiger partial charge is 0.0370 e. The van der Waals surface area contributed by atoms with Crippen LogP contribution in [0, 0.1) is 0 Å². The Morgan fingerprint density at radius 1 is 1.08 bits per heavy atom. The first kappa shape index (κ1) is 12.0. The lowest BCUT2D eigenvalue weighted by molar-refractivity contribution is 1.09. The predicted molar refractivity (Wildman–Crippen MR) is 61.3 cm³/mol. The molecule has 1 aromatic rings. The fraction of sp³-hybridized carbons (Fsp3) is 0.500. The molecule has 1 aromatic carbocycles. The van der Waals surface area contributed by atoms with Gasteiger partial charge in [0.2, 0.25) is 0 Å². The Balaban J connectivity index is 0.000000424. The fourth-order valence-electron chi connectivity index (χ4n) is 1.07. The Kier molecular flexibility index (Phi) is 7.08. The largest absolute Gasteiger partial charge is 0.388 e. The third kappa shape index (κ3) is 4.56. The minimum atomic E-state index is 1.09. The van der Waals surface area contributed by atoms with Crippen molar-refractivity contribution in [3.05, 3.63) is 29.8 Å². The summed E-state index contributed by atoms with van der Waals surface area (Å²) in [6.45, 7) is 6.41. The van der Waals surface area contributed by atoms with Crippen LogP contribution >= 0.6 is 0 Å². The fourth-order valence-corrected chi connectivity index (χ4v) is 1.07. The second-order valence-corrected chi connectivity index (χ2v) is 2.97. The molecule has 0 radical (unpaired) electrons. The van der Waals surface area contributed by atoms with Gasteiger partial charge in [-0.3, -0.25) is 0 Å². The first-order valence-electron chi connectivity index (χ1n) is 5.05. The van der Waals surface area contributed by atoms with Crippen LogP contribution in [0.3, 0.4) is 0 Å². The summed E-state index contributed by atoms with van der Waals surface area (Å²) in [5.41, 5.74) is 2.62. The minimum Gasteiger partial charge on any atom is -0.388 e. The molecule has 13 heavy (non-hydrogen) atoms. The van der Waals surface area contributed by atoms with Crippen LogP contribution in [0.5, 0.6) is 0 Å². The summed E-state index contributed by atoms with van der Waals surface area (Å²) in [6.07, 6.45) is 2.34. The van der Waals surface area contributed by atoms with Crippen LogP contribution in [-0.4, -0.2) is 7.05 Å². The summed E-state index contributed by atoms with van der Waals surface area (Å²) in [7, 11) is 1.95. The summed E-state index contributed by atoms with van der Waals surface area (Å²) < 4.78 is 0. The lowest BCUT2D eigenvalue weighted by atomic mass is 10.1. The number of benzene rings is 1. The Labute approximate surface area is 82.2 Å². The van der Waals surface area contributed by atoms with E-state index in [4.69, 9.17) is 0 Å². The molecule has 0 amide bonds. The number of aryl methyl sites for hydroxylation is 1. The van der Waals surface area contributed by atoms with E-state index in [2.05, 4.69) is 44.3 Å². The molecule has 1 rings (SSSR count). The van der Waals surface area contributed by atoms with Crippen molar-refractivity contribution in [1.82, 2.24) is 0 Å². The van der Waals surface area contributed by atoms with Gasteiger partial charge in [0.25, 0.3) is 0 Å². The monoisotopic (exact) mass is 179 g/mol. The van der Waals surface area contributed by atoms with Gasteiger partial charge >= 0.3 is 0 Å². The van der Waals surface area contributed by atoms with E-state index in [1.54, 1.807) is 0 Å². The molecule has 0 aromatic heterocycles. The molecule has 0 aliphatic carbocycles. The van der Waals surface area contributed by atoms with Crippen molar-refractivity contribution in [2.24, 2.45) is 0 Å². The standard InChI is InChI=1S/C9H13N.C3H8/c1-3-8-6-4-5-7-9(8)10-2;1-3-2/h4-7,10H,3H2,1-2H3;3H2,1-2H3. The van der Waals surface area contributed by atoms with E-state index in [0.29, 0.717) is 0 Å². The van der Waals surface area contributed by atoms with Crippen molar-refractivity contribution in [1.29, 1.82) is 0 Å². The van der Waals surface area contributed by atoms with Crippen LogP contribution in [0.15, 0.2) is 24.3 Å². The van der Waals surface area contributed by atoms with E-state index in [9.17, 15) is 0 Å². The molecule has 74 valence electrons. The van der Waals surface area contributed by atoms with Crippen LogP contribution in [0.2, 0.25) is 0 Å². The third-order valence-electron chi connectivity index (χ3n) is 1.67. The molecule has 0 aliphatic heterocycles. The average molecular weight is 179 g/mol. The van der Waals surface area contributed by atoms with Gasteiger partial charge in [-0.15, -0.1) is 0 Å². The Hall–Kier alpha value is -0.980. The van der Waals surface area contributed by atoms with Crippen molar-refractivity contribution in [3.8, 4) is 0 Å². The lowest BCUT2D eigenvalue weighted by Gasteiger charge is -2.04. The van der Waals surface area contributed by atoms with Gasteiger partial charge in [0.15, 0.2) is 0 Å². The highest BCUT2D eigenvalue weighted by atomic mass is 14.8. The summed E-state index contributed by atoms with van der Waals surface area (Å²) in [6, 6.07) is 8.36. The van der Waals surface area contributed by atoms with Crippen LogP contribution in [-0.2, 0) is 6.42 Å². The molecular weight excluding hydrogens is 158 g/mol. The third-order valence-corrected chi connectivity index (χ3v) is 1.67. The van der Waals surface area contributed by atoms with Crippen molar-refractivity contribution in [2.45, 2.75) is 33.6 Å². The first-order valence-corrected chi connectivity index (χ1v) is 5.05. The maximum atomic E-state index is 3.15. The SMILES string of the molecule is CCC.CCc1ccccc1NC. The van der Waals surface area contributed by atoms with Crippen molar-refractivity contribution in [2.75, 3.05) is 12.4 Å². The summed E-state index contributed by atoms with van der Waals surface area (Å²) in [5.74, 6) is 0. The van der Waals surface area contributed by atoms with Crippen molar-refractivity contribution in [3.63, 3.8) is 0 Å². The minimum absolute atomic E-state index is 1.09. The van der Waals surface area contributed by atoms with Crippen LogP contribution in [0.25, 0.3) is 0 Å². The van der Waals surface area contributed by atoms with E-state index < -0.39 is 0 Å². The normalized spacial score (nSPS) is 8.62. The van der Waals surface area contributed by atoms with Gasteiger partial charge in [-0.25, -0.2) is 0 Å². The molecule has 1 N–H and O–H groups in total. The van der Waals surface area contributed by atoms with E-state index in [-0.39, 0.29) is 0 Å². The quantitative estimate of drug-likeness (QED) is 0.729. The Morgan fingerprint density at radius 3 is 2.00 bits per heavy atom. The maximum absolute atomic E-state index is 3.15. The van der Waals surface area contributed by atoms with E-state index in [0.717, 1.165) is 6.42 Å². The number of anilines is 1. The maximum Gasteiger partial charge on any atom is 0.0370 e. The zero-order valence-corrected chi connectivity index (χ0v) is 9.22. The molecule has 0 aliphatic rings.